The summed E-state index contributed by atoms with van der Waals surface area (Å²) in [4.78, 5) is 25.3. The zero-order valence-corrected chi connectivity index (χ0v) is 38.7. The van der Waals surface area contributed by atoms with Gasteiger partial charge in [0, 0.05) is 6.42 Å². The fraction of sp³-hybridized carbons (Fsp3) is 0.812. The average Bonchev–Trinajstić information content (AvgIpc) is 3.16. The molecule has 2 N–H and O–H groups in total. The quantitative estimate of drug-likeness (QED) is 0.0275. The van der Waals surface area contributed by atoms with Crippen LogP contribution in [0.25, 0.3) is 0 Å². The average molecular weight is 823 g/mol. The van der Waals surface area contributed by atoms with Crippen LogP contribution in [0.5, 0.6) is 0 Å². The molecule has 0 spiro atoms. The number of phosphoric ester groups is 1. The maximum absolute atomic E-state index is 12.8. The maximum atomic E-state index is 12.8. The van der Waals surface area contributed by atoms with Crippen molar-refractivity contribution in [3.63, 3.8) is 0 Å². The van der Waals surface area contributed by atoms with E-state index in [2.05, 4.69) is 55.6 Å². The van der Waals surface area contributed by atoms with Gasteiger partial charge in [-0.3, -0.25) is 9.36 Å². The topological polar surface area (TPSA) is 108 Å². The molecule has 0 rings (SSSR count). The lowest BCUT2D eigenvalue weighted by Gasteiger charge is -2.29. The second kappa shape index (κ2) is 39.9. The Labute approximate surface area is 352 Å². The lowest BCUT2D eigenvalue weighted by molar-refractivity contribution is -0.870. The van der Waals surface area contributed by atoms with Crippen LogP contribution >= 0.6 is 7.82 Å². The predicted molar refractivity (Wildman–Crippen MR) is 242 cm³/mol. The predicted octanol–water partition coefficient (Wildman–Crippen LogP) is 12.6. The van der Waals surface area contributed by atoms with Gasteiger partial charge in [0.15, 0.2) is 0 Å². The van der Waals surface area contributed by atoms with E-state index < -0.39 is 26.6 Å². The van der Waals surface area contributed by atoms with E-state index in [1.54, 1.807) is 6.08 Å². The Kier molecular flexibility index (Phi) is 38.8. The zero-order valence-electron chi connectivity index (χ0n) is 37.8. The molecule has 9 heteroatoms. The zero-order chi connectivity index (χ0) is 42.1. The molecule has 57 heavy (non-hydrogen) atoms. The molecule has 0 aliphatic heterocycles. The molecule has 334 valence electrons. The van der Waals surface area contributed by atoms with Gasteiger partial charge < -0.3 is 28.8 Å². The minimum atomic E-state index is -4.59. The highest BCUT2D eigenvalue weighted by Gasteiger charge is 2.23. The number of carbonyl (C=O) groups excluding carboxylic acids is 1. The summed E-state index contributed by atoms with van der Waals surface area (Å²) in [5.41, 5.74) is 0. The number of likely N-dealkylation sites (N-methyl/N-ethyl adjacent to an activating group) is 1. The number of allylic oxidation sites excluding steroid dienone is 7. The van der Waals surface area contributed by atoms with Gasteiger partial charge in [0.05, 0.1) is 39.9 Å². The normalized spacial score (nSPS) is 14.7. The van der Waals surface area contributed by atoms with Crippen LogP contribution in [0.3, 0.4) is 0 Å². The van der Waals surface area contributed by atoms with Gasteiger partial charge in [-0.25, -0.2) is 0 Å². The number of rotatable bonds is 42. The molecule has 0 saturated heterocycles. The molecular weight excluding hydrogens is 732 g/mol. The first-order valence-corrected chi connectivity index (χ1v) is 25.0. The van der Waals surface area contributed by atoms with Crippen LogP contribution in [0.2, 0.25) is 0 Å². The summed E-state index contributed by atoms with van der Waals surface area (Å²) in [5.74, 6) is -0.215. The molecule has 0 aromatic carbocycles. The largest absolute Gasteiger partial charge is 0.756 e. The molecule has 3 unspecified atom stereocenters. The smallest absolute Gasteiger partial charge is 0.268 e. The molecule has 0 aromatic rings. The van der Waals surface area contributed by atoms with Crippen molar-refractivity contribution >= 4 is 13.7 Å². The maximum Gasteiger partial charge on any atom is 0.268 e. The second-order valence-electron chi connectivity index (χ2n) is 17.1. The van der Waals surface area contributed by atoms with Gasteiger partial charge in [0.25, 0.3) is 7.82 Å². The molecule has 0 radical (unpaired) electrons. The lowest BCUT2D eigenvalue weighted by Crippen LogP contribution is -2.45. The lowest BCUT2D eigenvalue weighted by atomic mass is 10.1. The summed E-state index contributed by atoms with van der Waals surface area (Å²) in [6.07, 6.45) is 50.4. The van der Waals surface area contributed by atoms with E-state index in [0.29, 0.717) is 17.4 Å². The molecular formula is C48H91N2O6P. The molecule has 1 amide bonds. The number of nitrogens with one attached hydrogen (secondary N) is 1. The Morgan fingerprint density at radius 1 is 0.614 bits per heavy atom. The molecule has 0 aliphatic rings. The number of unbranched alkanes of at least 4 members (excludes halogenated alkanes) is 23. The Balaban J connectivity index is 4.23. The summed E-state index contributed by atoms with van der Waals surface area (Å²) in [5, 5.41) is 13.7. The Bertz CT molecular complexity index is 1070. The van der Waals surface area contributed by atoms with Gasteiger partial charge in [-0.1, -0.05) is 178 Å². The number of hydrogen-bond donors (Lipinski definition) is 2. The van der Waals surface area contributed by atoms with E-state index >= 15 is 0 Å². The minimum absolute atomic E-state index is 0.00869. The third-order valence-corrected chi connectivity index (χ3v) is 11.2. The van der Waals surface area contributed by atoms with Gasteiger partial charge in [-0.05, 0) is 64.2 Å². The van der Waals surface area contributed by atoms with Gasteiger partial charge in [0.1, 0.15) is 13.2 Å². The number of aliphatic hydroxyl groups excluding tert-OH is 1. The Morgan fingerprint density at radius 3 is 1.54 bits per heavy atom. The van der Waals surface area contributed by atoms with E-state index in [0.717, 1.165) is 44.9 Å². The summed E-state index contributed by atoms with van der Waals surface area (Å²) in [6.45, 7) is 4.58. The van der Waals surface area contributed by atoms with Gasteiger partial charge in [0.2, 0.25) is 5.91 Å². The Morgan fingerprint density at radius 2 is 1.04 bits per heavy atom. The fourth-order valence-electron chi connectivity index (χ4n) is 6.49. The molecule has 0 saturated carbocycles. The summed E-state index contributed by atoms with van der Waals surface area (Å²) in [6, 6.07) is -0.904. The van der Waals surface area contributed by atoms with Crippen molar-refractivity contribution in [3.8, 4) is 0 Å². The van der Waals surface area contributed by atoms with Crippen LogP contribution in [0.4, 0.5) is 0 Å². The van der Waals surface area contributed by atoms with Crippen LogP contribution < -0.4 is 10.2 Å². The highest BCUT2D eigenvalue weighted by Crippen LogP contribution is 2.38. The highest BCUT2D eigenvalue weighted by atomic mass is 31.2. The molecule has 0 fully saturated rings. The molecule has 8 nitrogen and oxygen atoms in total. The van der Waals surface area contributed by atoms with Crippen LogP contribution in [0.15, 0.2) is 48.6 Å². The van der Waals surface area contributed by atoms with Crippen molar-refractivity contribution in [1.82, 2.24) is 5.32 Å². The standard InChI is InChI=1S/C48H91N2O6P/c1-6-8-10-12-14-16-18-19-20-21-22-23-24-25-26-27-28-29-30-31-32-34-36-38-40-42-48(52)49-46(45-56-57(53,54)55-44-43-50(3,4)5)47(51)41-39-37-35-33-17-15-13-11-9-7-2/h17,22-23,25-26,33,39,41,46-47,51H,6-16,18-21,24,27-32,34-38,40,42-45H2,1-5H3,(H-,49,52,53,54)/b23-22-,26-25-,33-17+,41-39+. The summed E-state index contributed by atoms with van der Waals surface area (Å²) in [7, 11) is 1.23. The first-order chi connectivity index (χ1) is 27.5. The highest BCUT2D eigenvalue weighted by molar-refractivity contribution is 7.45. The number of hydrogen-bond acceptors (Lipinski definition) is 6. The van der Waals surface area contributed by atoms with Crippen molar-refractivity contribution in [2.45, 2.75) is 212 Å². The van der Waals surface area contributed by atoms with E-state index in [4.69, 9.17) is 9.05 Å². The number of phosphoric acid groups is 1. The van der Waals surface area contributed by atoms with E-state index in [1.807, 2.05) is 27.2 Å². The van der Waals surface area contributed by atoms with Crippen molar-refractivity contribution in [2.24, 2.45) is 0 Å². The number of carbonyl (C=O) groups is 1. The second-order valence-corrected chi connectivity index (χ2v) is 18.5. The number of quaternary nitrogens is 1. The van der Waals surface area contributed by atoms with E-state index in [9.17, 15) is 19.4 Å². The van der Waals surface area contributed by atoms with E-state index in [-0.39, 0.29) is 12.5 Å². The van der Waals surface area contributed by atoms with Gasteiger partial charge in [-0.15, -0.1) is 0 Å². The summed E-state index contributed by atoms with van der Waals surface area (Å²) >= 11 is 0. The molecule has 0 aromatic heterocycles. The van der Waals surface area contributed by atoms with Crippen molar-refractivity contribution < 1.29 is 32.9 Å². The number of amides is 1. The monoisotopic (exact) mass is 823 g/mol. The first-order valence-electron chi connectivity index (χ1n) is 23.5. The fourth-order valence-corrected chi connectivity index (χ4v) is 7.21. The molecule has 0 bridgehead atoms. The van der Waals surface area contributed by atoms with Crippen LogP contribution in [-0.2, 0) is 18.4 Å². The first kappa shape index (κ1) is 55.5. The van der Waals surface area contributed by atoms with Crippen LogP contribution in [0, 0.1) is 0 Å². The van der Waals surface area contributed by atoms with Gasteiger partial charge >= 0.3 is 0 Å². The number of aliphatic hydroxyl groups is 1. The molecule has 3 atom stereocenters. The van der Waals surface area contributed by atoms with E-state index in [1.165, 1.54) is 135 Å². The Hall–Kier alpha value is -1.54. The number of nitrogens with zero attached hydrogens (tertiary/aromatic N) is 1. The third-order valence-electron chi connectivity index (χ3n) is 10.3. The molecule has 0 heterocycles. The third kappa shape index (κ3) is 42.4. The van der Waals surface area contributed by atoms with Crippen LogP contribution in [0.1, 0.15) is 200 Å². The molecule has 0 aliphatic carbocycles. The van der Waals surface area contributed by atoms with Crippen LogP contribution in [-0.4, -0.2) is 68.5 Å². The summed E-state index contributed by atoms with van der Waals surface area (Å²) < 4.78 is 23.1. The SMILES string of the molecule is CCCCCC/C=C/CC/C=C/C(O)C(COP(=O)([O-])OCC[N+](C)(C)C)NC(=O)CCCCCCCCCCC/C=C\C/C=C\CCCCCCCCCCC. The van der Waals surface area contributed by atoms with Crippen molar-refractivity contribution in [2.75, 3.05) is 40.9 Å². The minimum Gasteiger partial charge on any atom is -0.756 e. The van der Waals surface area contributed by atoms with Crippen molar-refractivity contribution in [1.29, 1.82) is 0 Å². The van der Waals surface area contributed by atoms with Gasteiger partial charge in [-0.2, -0.15) is 0 Å². The van der Waals surface area contributed by atoms with Crippen molar-refractivity contribution in [3.05, 3.63) is 48.6 Å².